The van der Waals surface area contributed by atoms with E-state index in [1.54, 1.807) is 0 Å². The number of hydrogen-bond donors (Lipinski definition) is 1. The molecule has 1 N–H and O–H groups in total. The van der Waals surface area contributed by atoms with Crippen molar-refractivity contribution in [3.8, 4) is 0 Å². The van der Waals surface area contributed by atoms with Crippen LogP contribution >= 0.6 is 15.9 Å². The second-order valence-corrected chi connectivity index (χ2v) is 7.59. The molecule has 3 nitrogen and oxygen atoms in total. The molecule has 0 aliphatic carbocycles. The van der Waals surface area contributed by atoms with Crippen LogP contribution in [0.25, 0.3) is 0 Å². The zero-order valence-corrected chi connectivity index (χ0v) is 13.2. The normalized spacial score (nSPS) is 16.6. The lowest BCUT2D eigenvalue weighted by molar-refractivity contribution is -0.117. The highest BCUT2D eigenvalue weighted by molar-refractivity contribution is 9.10. The Kier molecular flexibility index (Phi) is 4.63. The summed E-state index contributed by atoms with van der Waals surface area (Å²) in [7, 11) is 0. The summed E-state index contributed by atoms with van der Waals surface area (Å²) in [4.78, 5) is 14.4. The topological polar surface area (TPSA) is 32.3 Å². The fourth-order valence-electron chi connectivity index (χ4n) is 2.23. The number of anilines is 1. The fourth-order valence-corrected chi connectivity index (χ4v) is 2.33. The third-order valence-corrected chi connectivity index (χ3v) is 3.69. The maximum Gasteiger partial charge on any atom is 0.240 e. The van der Waals surface area contributed by atoms with E-state index in [1.807, 2.05) is 26.0 Å². The van der Waals surface area contributed by atoms with Crippen LogP contribution in [0, 0.1) is 0 Å². The van der Waals surface area contributed by atoms with Gasteiger partial charge in [-0.1, -0.05) is 28.1 Å². The second kappa shape index (κ2) is 6.06. The van der Waals surface area contributed by atoms with Crippen LogP contribution in [-0.2, 0) is 11.3 Å². The minimum absolute atomic E-state index is 0.0224. The van der Waals surface area contributed by atoms with E-state index in [0.717, 1.165) is 12.2 Å². The molecule has 1 aromatic rings. The molecular formula is C15H21BrN2O. The van der Waals surface area contributed by atoms with Crippen molar-refractivity contribution >= 4 is 27.5 Å². The molecule has 1 aromatic carbocycles. The van der Waals surface area contributed by atoms with E-state index in [1.165, 1.54) is 31.5 Å². The van der Waals surface area contributed by atoms with Gasteiger partial charge in [-0.3, -0.25) is 9.69 Å². The summed E-state index contributed by atoms with van der Waals surface area (Å²) in [5, 5.41) is 2.94. The Labute approximate surface area is 123 Å². The number of carbonyl (C=O) groups excluding carboxylic acids is 1. The van der Waals surface area contributed by atoms with Gasteiger partial charge in [-0.2, -0.15) is 0 Å². The number of nitrogens with one attached hydrogen (secondary N) is 1. The number of amides is 1. The fraction of sp³-hybridized carbons (Fsp3) is 0.533. The molecule has 0 bridgehead atoms. The molecule has 1 heterocycles. The van der Waals surface area contributed by atoms with Crippen molar-refractivity contribution in [2.75, 3.05) is 18.4 Å². The van der Waals surface area contributed by atoms with Gasteiger partial charge in [-0.05, 0) is 57.5 Å². The molecule has 0 unspecified atom stereocenters. The van der Waals surface area contributed by atoms with Gasteiger partial charge in [0.15, 0.2) is 0 Å². The van der Waals surface area contributed by atoms with Crippen LogP contribution in [0.5, 0.6) is 0 Å². The predicted molar refractivity (Wildman–Crippen MR) is 82.6 cm³/mol. The van der Waals surface area contributed by atoms with Gasteiger partial charge in [0.2, 0.25) is 5.91 Å². The summed E-state index contributed by atoms with van der Waals surface area (Å²) in [6.45, 7) is 7.03. The van der Waals surface area contributed by atoms with Crippen LogP contribution in [0.15, 0.2) is 24.3 Å². The number of nitrogens with zero attached hydrogens (tertiary/aromatic N) is 1. The number of carbonyl (C=O) groups is 1. The molecule has 19 heavy (non-hydrogen) atoms. The van der Waals surface area contributed by atoms with Crippen LogP contribution in [0.2, 0.25) is 0 Å². The third kappa shape index (κ3) is 4.32. The maximum absolute atomic E-state index is 11.9. The molecule has 1 saturated heterocycles. The molecule has 0 aromatic heterocycles. The van der Waals surface area contributed by atoms with E-state index in [-0.39, 0.29) is 5.91 Å². The monoisotopic (exact) mass is 324 g/mol. The lowest BCUT2D eigenvalue weighted by Gasteiger charge is -2.18. The van der Waals surface area contributed by atoms with Gasteiger partial charge in [0.25, 0.3) is 0 Å². The first-order valence-electron chi connectivity index (χ1n) is 6.77. The summed E-state index contributed by atoms with van der Waals surface area (Å²) in [6, 6.07) is 8.12. The van der Waals surface area contributed by atoms with Gasteiger partial charge in [-0.15, -0.1) is 0 Å². The molecule has 0 radical (unpaired) electrons. The van der Waals surface area contributed by atoms with E-state index in [4.69, 9.17) is 0 Å². The van der Waals surface area contributed by atoms with Crippen molar-refractivity contribution in [2.24, 2.45) is 0 Å². The molecule has 1 amide bonds. The van der Waals surface area contributed by atoms with E-state index in [0.29, 0.717) is 0 Å². The quantitative estimate of drug-likeness (QED) is 0.861. The Morgan fingerprint density at radius 1 is 1.37 bits per heavy atom. The van der Waals surface area contributed by atoms with E-state index in [2.05, 4.69) is 38.3 Å². The van der Waals surface area contributed by atoms with Gasteiger partial charge < -0.3 is 5.32 Å². The molecule has 2 rings (SSSR count). The van der Waals surface area contributed by atoms with Crippen molar-refractivity contribution < 1.29 is 4.79 Å². The molecule has 4 heteroatoms. The SMILES string of the molecule is CC(C)(Br)C(=O)Nc1cccc(CN2CCCC2)c1. The number of benzene rings is 1. The smallest absolute Gasteiger partial charge is 0.240 e. The first kappa shape index (κ1) is 14.5. The first-order valence-corrected chi connectivity index (χ1v) is 7.56. The van der Waals surface area contributed by atoms with Crippen LogP contribution in [0.4, 0.5) is 5.69 Å². The Bertz CT molecular complexity index is 448. The Balaban J connectivity index is 2.00. The zero-order valence-electron chi connectivity index (χ0n) is 11.6. The lowest BCUT2D eigenvalue weighted by atomic mass is 10.1. The van der Waals surface area contributed by atoms with Crippen molar-refractivity contribution in [1.82, 2.24) is 4.90 Å². The van der Waals surface area contributed by atoms with Gasteiger partial charge in [-0.25, -0.2) is 0 Å². The first-order chi connectivity index (χ1) is 8.95. The highest BCUT2D eigenvalue weighted by atomic mass is 79.9. The van der Waals surface area contributed by atoms with E-state index >= 15 is 0 Å². The van der Waals surface area contributed by atoms with Crippen LogP contribution in [0.3, 0.4) is 0 Å². The summed E-state index contributed by atoms with van der Waals surface area (Å²) in [5.41, 5.74) is 2.13. The van der Waals surface area contributed by atoms with E-state index < -0.39 is 4.32 Å². The standard InChI is InChI=1S/C15H21BrN2O/c1-15(2,16)14(19)17-13-7-5-6-12(10-13)11-18-8-3-4-9-18/h5-7,10H,3-4,8-9,11H2,1-2H3,(H,17,19). The Hall–Kier alpha value is -0.870. The molecule has 0 saturated carbocycles. The molecule has 1 aliphatic rings. The second-order valence-electron chi connectivity index (χ2n) is 5.61. The van der Waals surface area contributed by atoms with Crippen LogP contribution in [-0.4, -0.2) is 28.2 Å². The van der Waals surface area contributed by atoms with Crippen molar-refractivity contribution in [1.29, 1.82) is 0 Å². The minimum atomic E-state index is -0.544. The average molecular weight is 325 g/mol. The summed E-state index contributed by atoms with van der Waals surface area (Å²) in [5.74, 6) is -0.0224. The zero-order chi connectivity index (χ0) is 13.9. The van der Waals surface area contributed by atoms with Crippen molar-refractivity contribution in [3.63, 3.8) is 0 Å². The largest absolute Gasteiger partial charge is 0.325 e. The molecule has 0 spiro atoms. The highest BCUT2D eigenvalue weighted by Gasteiger charge is 2.23. The number of halogens is 1. The Morgan fingerprint density at radius 2 is 2.05 bits per heavy atom. The lowest BCUT2D eigenvalue weighted by Crippen LogP contribution is -2.31. The average Bonchev–Trinajstić information content (AvgIpc) is 2.81. The van der Waals surface area contributed by atoms with E-state index in [9.17, 15) is 4.79 Å². The third-order valence-electron chi connectivity index (χ3n) is 3.33. The van der Waals surface area contributed by atoms with Gasteiger partial charge >= 0.3 is 0 Å². The molecule has 1 fully saturated rings. The molecular weight excluding hydrogens is 304 g/mol. The summed E-state index contributed by atoms with van der Waals surface area (Å²) < 4.78 is -0.544. The van der Waals surface area contributed by atoms with Crippen LogP contribution < -0.4 is 5.32 Å². The van der Waals surface area contributed by atoms with Crippen molar-refractivity contribution in [3.05, 3.63) is 29.8 Å². The van der Waals surface area contributed by atoms with Crippen LogP contribution in [0.1, 0.15) is 32.3 Å². The predicted octanol–water partition coefficient (Wildman–Crippen LogP) is 3.39. The highest BCUT2D eigenvalue weighted by Crippen LogP contribution is 2.20. The summed E-state index contributed by atoms with van der Waals surface area (Å²) in [6.07, 6.45) is 2.60. The Morgan fingerprint density at radius 3 is 2.68 bits per heavy atom. The molecule has 0 atom stereocenters. The van der Waals surface area contributed by atoms with Gasteiger partial charge in [0, 0.05) is 12.2 Å². The minimum Gasteiger partial charge on any atom is -0.325 e. The summed E-state index contributed by atoms with van der Waals surface area (Å²) >= 11 is 3.37. The maximum atomic E-state index is 11.9. The van der Waals surface area contributed by atoms with Crippen molar-refractivity contribution in [2.45, 2.75) is 37.6 Å². The number of rotatable bonds is 4. The van der Waals surface area contributed by atoms with Gasteiger partial charge in [0.05, 0.1) is 4.32 Å². The van der Waals surface area contributed by atoms with Gasteiger partial charge in [0.1, 0.15) is 0 Å². The number of hydrogen-bond acceptors (Lipinski definition) is 2. The molecule has 104 valence electrons. The number of alkyl halides is 1. The number of likely N-dealkylation sites (tertiary alicyclic amines) is 1. The molecule has 1 aliphatic heterocycles.